The highest BCUT2D eigenvalue weighted by atomic mass is 16.1. The van der Waals surface area contributed by atoms with Crippen LogP contribution in [-0.4, -0.2) is 16.2 Å². The largest absolute Gasteiger partial charge is 0.312 e. The zero-order valence-electron chi connectivity index (χ0n) is 9.89. The number of anilines is 1. The number of aromatic nitrogens is 2. The molecule has 0 atom stereocenters. The Hall–Kier alpha value is -2.14. The molecule has 3 rings (SSSR count). The van der Waals surface area contributed by atoms with Gasteiger partial charge in [0.1, 0.15) is 5.82 Å². The van der Waals surface area contributed by atoms with Crippen LogP contribution >= 0.6 is 0 Å². The molecule has 0 radical (unpaired) electrons. The molecule has 0 aliphatic carbocycles. The number of hydrogen-bond acceptors (Lipinski definition) is 4. The van der Waals surface area contributed by atoms with Gasteiger partial charge in [-0.3, -0.25) is 10.2 Å². The van der Waals surface area contributed by atoms with Gasteiger partial charge >= 0.3 is 0 Å². The molecule has 5 heteroatoms. The van der Waals surface area contributed by atoms with Crippen LogP contribution in [0.2, 0.25) is 0 Å². The summed E-state index contributed by atoms with van der Waals surface area (Å²) in [7, 11) is 0. The van der Waals surface area contributed by atoms with Crippen LogP contribution in [-0.2, 0) is 13.0 Å². The van der Waals surface area contributed by atoms with Crippen LogP contribution in [0.3, 0.4) is 0 Å². The summed E-state index contributed by atoms with van der Waals surface area (Å²) in [6, 6.07) is 7.01. The minimum Gasteiger partial charge on any atom is -0.312 e. The number of hydrogen-bond donors (Lipinski definition) is 2. The van der Waals surface area contributed by atoms with Gasteiger partial charge in [0.15, 0.2) is 0 Å². The van der Waals surface area contributed by atoms with Gasteiger partial charge in [0, 0.05) is 25.0 Å². The zero-order valence-corrected chi connectivity index (χ0v) is 9.89. The number of nitrogens with one attached hydrogen (secondary N) is 2. The van der Waals surface area contributed by atoms with Crippen molar-refractivity contribution in [3.05, 3.63) is 58.1 Å². The van der Waals surface area contributed by atoms with Crippen molar-refractivity contribution in [1.82, 2.24) is 15.0 Å². The maximum atomic E-state index is 11.6. The van der Waals surface area contributed by atoms with Gasteiger partial charge in [0.2, 0.25) is 0 Å². The summed E-state index contributed by atoms with van der Waals surface area (Å²) >= 11 is 0. The highest BCUT2D eigenvalue weighted by Gasteiger charge is 2.09. The number of fused-ring (bicyclic) bond motifs is 1. The summed E-state index contributed by atoms with van der Waals surface area (Å²) in [4.78, 5) is 15.9. The van der Waals surface area contributed by atoms with Gasteiger partial charge in [-0.05, 0) is 36.2 Å². The lowest BCUT2D eigenvalue weighted by atomic mass is 10.0. The normalized spacial score (nSPS) is 14.0. The fraction of sp³-hybridized carbons (Fsp3) is 0.231. The molecular weight excluding hydrogens is 228 g/mol. The Kier molecular flexibility index (Phi) is 2.82. The van der Waals surface area contributed by atoms with E-state index in [9.17, 15) is 4.79 Å². The van der Waals surface area contributed by atoms with E-state index < -0.39 is 0 Å². The summed E-state index contributed by atoms with van der Waals surface area (Å²) in [5, 5.41) is 3.32. The average molecular weight is 242 g/mol. The second kappa shape index (κ2) is 4.62. The first-order valence-electron chi connectivity index (χ1n) is 5.96. The van der Waals surface area contributed by atoms with Gasteiger partial charge in [-0.25, -0.2) is 9.66 Å². The fourth-order valence-corrected chi connectivity index (χ4v) is 2.07. The van der Waals surface area contributed by atoms with E-state index in [0.29, 0.717) is 5.82 Å². The van der Waals surface area contributed by atoms with E-state index >= 15 is 0 Å². The van der Waals surface area contributed by atoms with E-state index in [2.05, 4.69) is 15.7 Å². The van der Waals surface area contributed by atoms with Crippen molar-refractivity contribution in [3.63, 3.8) is 0 Å². The Labute approximate surface area is 104 Å². The molecule has 0 fully saturated rings. The van der Waals surface area contributed by atoms with Crippen LogP contribution < -0.4 is 16.3 Å². The van der Waals surface area contributed by atoms with Crippen LogP contribution in [0.4, 0.5) is 5.82 Å². The number of nitrogens with zero attached hydrogens (tertiary/aromatic N) is 2. The Morgan fingerprint density at radius 2 is 2.28 bits per heavy atom. The second-order valence-corrected chi connectivity index (χ2v) is 4.29. The third-order valence-corrected chi connectivity index (χ3v) is 3.03. The molecule has 5 nitrogen and oxygen atoms in total. The molecule has 0 saturated heterocycles. The molecule has 0 spiro atoms. The summed E-state index contributed by atoms with van der Waals surface area (Å²) in [6.45, 7) is 1.86. The third-order valence-electron chi connectivity index (χ3n) is 3.03. The van der Waals surface area contributed by atoms with E-state index in [0.717, 1.165) is 19.5 Å². The first kappa shape index (κ1) is 11.0. The molecule has 1 aliphatic heterocycles. The lowest BCUT2D eigenvalue weighted by Gasteiger charge is -2.17. The van der Waals surface area contributed by atoms with Crippen molar-refractivity contribution in [2.45, 2.75) is 13.0 Å². The van der Waals surface area contributed by atoms with Gasteiger partial charge in [0.05, 0.1) is 0 Å². The van der Waals surface area contributed by atoms with Gasteiger partial charge in [-0.2, -0.15) is 0 Å². The van der Waals surface area contributed by atoms with Crippen molar-refractivity contribution >= 4 is 5.82 Å². The van der Waals surface area contributed by atoms with Crippen molar-refractivity contribution in [2.75, 3.05) is 12.0 Å². The van der Waals surface area contributed by atoms with Crippen LogP contribution in [0.1, 0.15) is 11.1 Å². The summed E-state index contributed by atoms with van der Waals surface area (Å²) < 4.78 is 1.42. The van der Waals surface area contributed by atoms with E-state index in [1.807, 2.05) is 12.3 Å². The van der Waals surface area contributed by atoms with E-state index in [4.69, 9.17) is 0 Å². The first-order chi connectivity index (χ1) is 8.83. The van der Waals surface area contributed by atoms with Gasteiger partial charge in [-0.15, -0.1) is 0 Å². The molecule has 1 aliphatic rings. The third kappa shape index (κ3) is 2.12. The van der Waals surface area contributed by atoms with Crippen molar-refractivity contribution in [2.24, 2.45) is 0 Å². The molecule has 0 unspecified atom stereocenters. The smallest absolute Gasteiger partial charge is 0.269 e. The topological polar surface area (TPSA) is 59.0 Å². The highest BCUT2D eigenvalue weighted by Crippen LogP contribution is 2.15. The average Bonchev–Trinajstić information content (AvgIpc) is 2.41. The maximum Gasteiger partial charge on any atom is 0.269 e. The maximum absolute atomic E-state index is 11.6. The van der Waals surface area contributed by atoms with Crippen LogP contribution in [0.25, 0.3) is 0 Å². The first-order valence-corrected chi connectivity index (χ1v) is 5.96. The Balaban J connectivity index is 1.90. The quantitative estimate of drug-likeness (QED) is 0.816. The molecule has 0 saturated carbocycles. The molecule has 92 valence electrons. The summed E-state index contributed by atoms with van der Waals surface area (Å²) in [6.07, 6.45) is 4.57. The Morgan fingerprint density at radius 1 is 1.33 bits per heavy atom. The fourth-order valence-electron chi connectivity index (χ4n) is 2.07. The molecule has 2 aromatic rings. The predicted octanol–water partition coefficient (Wildman–Crippen LogP) is 0.764. The minimum atomic E-state index is -0.102. The van der Waals surface area contributed by atoms with Crippen LogP contribution in [0.5, 0.6) is 0 Å². The van der Waals surface area contributed by atoms with E-state index in [1.165, 1.54) is 21.9 Å². The van der Waals surface area contributed by atoms with E-state index in [-0.39, 0.29) is 5.56 Å². The lowest BCUT2D eigenvalue weighted by Crippen LogP contribution is -2.26. The minimum absolute atomic E-state index is 0.102. The molecule has 2 aromatic heterocycles. The Morgan fingerprint density at radius 3 is 3.17 bits per heavy atom. The molecule has 18 heavy (non-hydrogen) atoms. The summed E-state index contributed by atoms with van der Waals surface area (Å²) in [5.74, 6) is 0.686. The van der Waals surface area contributed by atoms with Gasteiger partial charge < -0.3 is 5.32 Å². The predicted molar refractivity (Wildman–Crippen MR) is 69.4 cm³/mol. The molecular formula is C13H14N4O. The lowest BCUT2D eigenvalue weighted by molar-refractivity contribution is 0.641. The molecule has 2 N–H and O–H groups in total. The molecule has 0 amide bonds. The van der Waals surface area contributed by atoms with Crippen molar-refractivity contribution in [1.29, 1.82) is 0 Å². The standard InChI is InChI=1S/C13H14N4O/c18-13-3-1-2-6-17(13)16-12-7-11-8-14-5-4-10(11)9-15-12/h1-3,6-7,9,14H,4-5,8H2,(H,15,16). The molecule has 0 aromatic carbocycles. The number of rotatable bonds is 2. The second-order valence-electron chi connectivity index (χ2n) is 4.29. The molecule has 3 heterocycles. The zero-order chi connectivity index (χ0) is 12.4. The summed E-state index contributed by atoms with van der Waals surface area (Å²) in [5.41, 5.74) is 5.40. The number of pyridine rings is 2. The Bertz CT molecular complexity index is 620. The van der Waals surface area contributed by atoms with Crippen molar-refractivity contribution in [3.8, 4) is 0 Å². The van der Waals surface area contributed by atoms with Gasteiger partial charge in [0.25, 0.3) is 5.56 Å². The van der Waals surface area contributed by atoms with Crippen LogP contribution in [0, 0.1) is 0 Å². The monoisotopic (exact) mass is 242 g/mol. The molecule has 0 bridgehead atoms. The SMILES string of the molecule is O=c1ccccn1Nc1cc2c(cn1)CCNC2. The van der Waals surface area contributed by atoms with Gasteiger partial charge in [-0.1, -0.05) is 6.07 Å². The van der Waals surface area contributed by atoms with Crippen molar-refractivity contribution < 1.29 is 0 Å². The van der Waals surface area contributed by atoms with Crippen LogP contribution in [0.15, 0.2) is 41.5 Å². The van der Waals surface area contributed by atoms with E-state index in [1.54, 1.807) is 18.3 Å². The highest BCUT2D eigenvalue weighted by molar-refractivity contribution is 5.41.